The van der Waals surface area contributed by atoms with Crippen LogP contribution in [0.25, 0.3) is 0 Å². The summed E-state index contributed by atoms with van der Waals surface area (Å²) in [5.41, 5.74) is 3.18. The maximum Gasteiger partial charge on any atom is 0.253 e. The van der Waals surface area contributed by atoms with Crippen LogP contribution in [0.5, 0.6) is 0 Å². The molecule has 0 fully saturated rings. The normalized spacial score (nSPS) is 14.0. The van der Waals surface area contributed by atoms with Gasteiger partial charge < -0.3 is 10.2 Å². The van der Waals surface area contributed by atoms with Gasteiger partial charge in [0.05, 0.1) is 0 Å². The lowest BCUT2D eigenvalue weighted by molar-refractivity contribution is 0.0778. The van der Waals surface area contributed by atoms with Crippen molar-refractivity contribution in [2.24, 2.45) is 5.92 Å². The summed E-state index contributed by atoms with van der Waals surface area (Å²) in [6, 6.07) is 5.98. The molecule has 1 aromatic carbocycles. The first-order chi connectivity index (χ1) is 8.59. The Bertz CT molecular complexity index is 440. The highest BCUT2D eigenvalue weighted by atomic mass is 16.2. The lowest BCUT2D eigenvalue weighted by Crippen LogP contribution is -2.31. The van der Waals surface area contributed by atoms with Crippen LogP contribution in [0.15, 0.2) is 18.2 Å². The molecule has 0 saturated carbocycles. The Labute approximate surface area is 109 Å². The molecule has 0 unspecified atom stereocenters. The maximum atomic E-state index is 12.5. The highest BCUT2D eigenvalue weighted by Crippen LogP contribution is 2.26. The van der Waals surface area contributed by atoms with Gasteiger partial charge in [0.25, 0.3) is 5.91 Å². The van der Waals surface area contributed by atoms with Crippen molar-refractivity contribution in [1.82, 2.24) is 4.90 Å². The quantitative estimate of drug-likeness (QED) is 0.889. The number of benzene rings is 1. The molecule has 1 N–H and O–H groups in total. The summed E-state index contributed by atoms with van der Waals surface area (Å²) in [4.78, 5) is 14.3. The first-order valence-electron chi connectivity index (χ1n) is 6.71. The summed E-state index contributed by atoms with van der Waals surface area (Å²) in [5, 5.41) is 3.37. The van der Waals surface area contributed by atoms with Crippen LogP contribution >= 0.6 is 0 Å². The Morgan fingerprint density at radius 1 is 1.44 bits per heavy atom. The minimum Gasteiger partial charge on any atom is -0.385 e. The van der Waals surface area contributed by atoms with Gasteiger partial charge in [0.15, 0.2) is 0 Å². The fourth-order valence-corrected chi connectivity index (χ4v) is 2.55. The number of anilines is 1. The van der Waals surface area contributed by atoms with E-state index in [0.717, 1.165) is 37.2 Å². The number of nitrogens with one attached hydrogen (secondary N) is 1. The largest absolute Gasteiger partial charge is 0.385 e. The summed E-state index contributed by atoms with van der Waals surface area (Å²) < 4.78 is 0. The lowest BCUT2D eigenvalue weighted by atomic mass is 9.96. The van der Waals surface area contributed by atoms with Gasteiger partial charge in [-0.25, -0.2) is 0 Å². The van der Waals surface area contributed by atoms with Crippen LogP contribution in [0, 0.1) is 5.92 Å². The van der Waals surface area contributed by atoms with E-state index in [2.05, 4.69) is 25.2 Å². The van der Waals surface area contributed by atoms with Crippen molar-refractivity contribution in [2.45, 2.75) is 26.7 Å². The molecule has 3 nitrogen and oxygen atoms in total. The second-order valence-electron chi connectivity index (χ2n) is 5.44. The molecule has 1 aliphatic heterocycles. The van der Waals surface area contributed by atoms with Gasteiger partial charge in [-0.15, -0.1) is 0 Å². The van der Waals surface area contributed by atoms with E-state index in [1.54, 1.807) is 0 Å². The van der Waals surface area contributed by atoms with Crippen LogP contribution in [-0.4, -0.2) is 30.9 Å². The highest BCUT2D eigenvalue weighted by molar-refractivity contribution is 5.97. The summed E-state index contributed by atoms with van der Waals surface area (Å²) in [6.45, 7) is 6.07. The van der Waals surface area contributed by atoms with Gasteiger partial charge in [-0.2, -0.15) is 0 Å². The van der Waals surface area contributed by atoms with E-state index < -0.39 is 0 Å². The Hall–Kier alpha value is -1.51. The van der Waals surface area contributed by atoms with Crippen molar-refractivity contribution in [3.8, 4) is 0 Å². The molecule has 1 aliphatic rings. The van der Waals surface area contributed by atoms with E-state index in [1.807, 2.05) is 24.1 Å². The van der Waals surface area contributed by atoms with Gasteiger partial charge in [0.1, 0.15) is 0 Å². The minimum atomic E-state index is 0.143. The van der Waals surface area contributed by atoms with Gasteiger partial charge >= 0.3 is 0 Å². The van der Waals surface area contributed by atoms with Crippen LogP contribution in [0.2, 0.25) is 0 Å². The van der Waals surface area contributed by atoms with E-state index in [4.69, 9.17) is 0 Å². The number of carbonyl (C=O) groups is 1. The van der Waals surface area contributed by atoms with Gasteiger partial charge in [-0.05, 0) is 36.5 Å². The van der Waals surface area contributed by atoms with Gasteiger partial charge in [0.2, 0.25) is 0 Å². The topological polar surface area (TPSA) is 32.3 Å². The summed E-state index contributed by atoms with van der Waals surface area (Å²) >= 11 is 0. The van der Waals surface area contributed by atoms with Crippen molar-refractivity contribution in [1.29, 1.82) is 0 Å². The molecule has 0 saturated heterocycles. The van der Waals surface area contributed by atoms with E-state index in [1.165, 1.54) is 5.56 Å². The first-order valence-corrected chi connectivity index (χ1v) is 6.71. The van der Waals surface area contributed by atoms with Gasteiger partial charge in [0, 0.05) is 31.4 Å². The number of amides is 1. The molecule has 0 radical (unpaired) electrons. The number of nitrogens with zero attached hydrogens (tertiary/aromatic N) is 1. The molecule has 3 heteroatoms. The van der Waals surface area contributed by atoms with E-state index >= 15 is 0 Å². The fourth-order valence-electron chi connectivity index (χ4n) is 2.55. The predicted molar refractivity (Wildman–Crippen MR) is 75.1 cm³/mol. The SMILES string of the molecule is CC(C)CN(C)C(=O)c1cccc2c1CCCN2. The van der Waals surface area contributed by atoms with Gasteiger partial charge in [-0.1, -0.05) is 19.9 Å². The van der Waals surface area contributed by atoms with Crippen molar-refractivity contribution < 1.29 is 4.79 Å². The molecule has 0 aliphatic carbocycles. The molecule has 1 heterocycles. The Morgan fingerprint density at radius 3 is 2.94 bits per heavy atom. The van der Waals surface area contributed by atoms with Crippen LogP contribution in [0.3, 0.4) is 0 Å². The van der Waals surface area contributed by atoms with Crippen LogP contribution in [0.4, 0.5) is 5.69 Å². The average Bonchev–Trinajstić information content (AvgIpc) is 2.36. The van der Waals surface area contributed by atoms with Crippen LogP contribution in [0.1, 0.15) is 36.2 Å². The molecule has 2 rings (SSSR count). The molecule has 0 aromatic heterocycles. The molecule has 0 atom stereocenters. The average molecular weight is 246 g/mol. The number of hydrogen-bond acceptors (Lipinski definition) is 2. The predicted octanol–water partition coefficient (Wildman–Crippen LogP) is 2.77. The second kappa shape index (κ2) is 5.42. The standard InChI is InChI=1S/C15H22N2O/c1-11(2)10-17(3)15(18)13-6-4-8-14-12(13)7-5-9-16-14/h4,6,8,11,16H,5,7,9-10H2,1-3H3. The minimum absolute atomic E-state index is 0.143. The lowest BCUT2D eigenvalue weighted by Gasteiger charge is -2.24. The number of fused-ring (bicyclic) bond motifs is 1. The zero-order valence-corrected chi connectivity index (χ0v) is 11.5. The molecule has 0 bridgehead atoms. The summed E-state index contributed by atoms with van der Waals surface area (Å²) in [7, 11) is 1.89. The first kappa shape index (κ1) is 12.9. The number of rotatable bonds is 3. The molecule has 98 valence electrons. The second-order valence-corrected chi connectivity index (χ2v) is 5.44. The van der Waals surface area contributed by atoms with Crippen molar-refractivity contribution in [3.63, 3.8) is 0 Å². The molecule has 18 heavy (non-hydrogen) atoms. The Morgan fingerprint density at radius 2 is 2.22 bits per heavy atom. The van der Waals surface area contributed by atoms with E-state index in [-0.39, 0.29) is 5.91 Å². The summed E-state index contributed by atoms with van der Waals surface area (Å²) in [6.07, 6.45) is 2.10. The monoisotopic (exact) mass is 246 g/mol. The number of carbonyl (C=O) groups excluding carboxylic acids is 1. The van der Waals surface area contributed by atoms with E-state index in [9.17, 15) is 4.79 Å². The molecule has 0 spiro atoms. The van der Waals surface area contributed by atoms with Crippen molar-refractivity contribution >= 4 is 11.6 Å². The zero-order valence-electron chi connectivity index (χ0n) is 11.5. The van der Waals surface area contributed by atoms with E-state index in [0.29, 0.717) is 5.92 Å². The third-order valence-electron chi connectivity index (χ3n) is 3.31. The highest BCUT2D eigenvalue weighted by Gasteiger charge is 2.20. The van der Waals surface area contributed by atoms with Crippen LogP contribution in [-0.2, 0) is 6.42 Å². The van der Waals surface area contributed by atoms with Gasteiger partial charge in [-0.3, -0.25) is 4.79 Å². The zero-order chi connectivity index (χ0) is 13.1. The third-order valence-corrected chi connectivity index (χ3v) is 3.31. The Kier molecular flexibility index (Phi) is 3.90. The molecular formula is C15H22N2O. The molecule has 1 aromatic rings. The third kappa shape index (κ3) is 2.66. The maximum absolute atomic E-state index is 12.5. The van der Waals surface area contributed by atoms with Crippen LogP contribution < -0.4 is 5.32 Å². The fraction of sp³-hybridized carbons (Fsp3) is 0.533. The summed E-state index contributed by atoms with van der Waals surface area (Å²) in [5.74, 6) is 0.640. The molecule has 1 amide bonds. The molecular weight excluding hydrogens is 224 g/mol. The van der Waals surface area contributed by atoms with Crippen molar-refractivity contribution in [2.75, 3.05) is 25.5 Å². The smallest absolute Gasteiger partial charge is 0.253 e. The van der Waals surface area contributed by atoms with Crippen molar-refractivity contribution in [3.05, 3.63) is 29.3 Å². The number of hydrogen-bond donors (Lipinski definition) is 1. The Balaban J connectivity index is 2.25.